The molecule has 1 fully saturated rings. The molecule has 0 unspecified atom stereocenters. The lowest BCUT2D eigenvalue weighted by Gasteiger charge is -2.15. The fourth-order valence-corrected chi connectivity index (χ4v) is 3.81. The second-order valence-electron chi connectivity index (χ2n) is 7.50. The number of aryl methyl sites for hydroxylation is 1. The van der Waals surface area contributed by atoms with Crippen molar-refractivity contribution < 1.29 is 9.59 Å². The highest BCUT2D eigenvalue weighted by atomic mass is 16.2. The molecule has 0 atom stereocenters. The van der Waals surface area contributed by atoms with Gasteiger partial charge in [0.05, 0.1) is 11.8 Å². The van der Waals surface area contributed by atoms with Crippen LogP contribution in [0.2, 0.25) is 0 Å². The Labute approximate surface area is 178 Å². The molecule has 1 aliphatic rings. The largest absolute Gasteiger partial charge is 0.339 e. The Bertz CT molecular complexity index is 1270. The van der Waals surface area contributed by atoms with Gasteiger partial charge in [0.15, 0.2) is 11.5 Å². The Hall–Kier alpha value is -4.01. The normalized spacial score (nSPS) is 13.6. The van der Waals surface area contributed by atoms with Gasteiger partial charge in [-0.3, -0.25) is 14.3 Å². The Balaban J connectivity index is 1.41. The van der Waals surface area contributed by atoms with E-state index >= 15 is 0 Å². The van der Waals surface area contributed by atoms with Crippen molar-refractivity contribution in [1.82, 2.24) is 29.3 Å². The highest BCUT2D eigenvalue weighted by Gasteiger charge is 2.27. The van der Waals surface area contributed by atoms with Crippen LogP contribution in [0.25, 0.3) is 17.0 Å². The van der Waals surface area contributed by atoms with Gasteiger partial charge < -0.3 is 10.2 Å². The third kappa shape index (κ3) is 3.54. The topological polar surface area (TPSA) is 97.4 Å². The van der Waals surface area contributed by atoms with Crippen LogP contribution in [0.4, 0.5) is 5.69 Å². The molecular weight excluding hydrogens is 394 g/mol. The molecule has 0 aliphatic carbocycles. The van der Waals surface area contributed by atoms with Gasteiger partial charge in [-0.1, -0.05) is 30.3 Å². The van der Waals surface area contributed by atoms with Gasteiger partial charge in [-0.2, -0.15) is 5.10 Å². The van der Waals surface area contributed by atoms with Crippen LogP contribution < -0.4 is 5.32 Å². The predicted molar refractivity (Wildman–Crippen MR) is 115 cm³/mol. The van der Waals surface area contributed by atoms with E-state index in [4.69, 9.17) is 0 Å². The first-order chi connectivity index (χ1) is 15.1. The lowest BCUT2D eigenvalue weighted by molar-refractivity contribution is 0.0787. The fraction of sp³-hybridized carbons (Fsp3) is 0.227. The number of rotatable bonds is 4. The molecule has 31 heavy (non-hydrogen) atoms. The zero-order valence-corrected chi connectivity index (χ0v) is 17.0. The van der Waals surface area contributed by atoms with Gasteiger partial charge in [0, 0.05) is 43.7 Å². The number of carbonyl (C=O) groups excluding carboxylic acids is 2. The van der Waals surface area contributed by atoms with E-state index in [1.54, 1.807) is 34.8 Å². The quantitative estimate of drug-likeness (QED) is 0.553. The van der Waals surface area contributed by atoms with Crippen LogP contribution >= 0.6 is 0 Å². The van der Waals surface area contributed by atoms with E-state index in [1.165, 1.54) is 10.9 Å². The minimum absolute atomic E-state index is 0.156. The predicted octanol–water partition coefficient (Wildman–Crippen LogP) is 2.62. The molecule has 1 aromatic carbocycles. The molecule has 9 heteroatoms. The number of carbonyl (C=O) groups is 2. The lowest BCUT2D eigenvalue weighted by Crippen LogP contribution is -2.30. The Kier molecular flexibility index (Phi) is 4.70. The molecule has 0 spiro atoms. The molecule has 3 aromatic heterocycles. The summed E-state index contributed by atoms with van der Waals surface area (Å²) in [5.74, 6) is 0.0556. The van der Waals surface area contributed by atoms with Crippen molar-refractivity contribution in [1.29, 1.82) is 0 Å². The number of pyridine rings is 1. The van der Waals surface area contributed by atoms with Gasteiger partial charge in [0.1, 0.15) is 5.69 Å². The number of likely N-dealkylation sites (tertiary alicyclic amines) is 1. The van der Waals surface area contributed by atoms with Crippen LogP contribution in [0.3, 0.4) is 0 Å². The Morgan fingerprint density at radius 3 is 2.61 bits per heavy atom. The minimum atomic E-state index is -0.394. The third-order valence-electron chi connectivity index (χ3n) is 5.40. The highest BCUT2D eigenvalue weighted by Crippen LogP contribution is 2.20. The number of hydrogen-bond donors (Lipinski definition) is 1. The van der Waals surface area contributed by atoms with E-state index < -0.39 is 5.91 Å². The molecule has 1 saturated heterocycles. The summed E-state index contributed by atoms with van der Waals surface area (Å²) >= 11 is 0. The molecule has 1 aliphatic heterocycles. The van der Waals surface area contributed by atoms with Crippen LogP contribution in [-0.2, 0) is 7.05 Å². The van der Waals surface area contributed by atoms with Crippen molar-refractivity contribution in [2.75, 3.05) is 18.4 Å². The molecular formula is C22H21N7O2. The molecule has 2 amide bonds. The van der Waals surface area contributed by atoms with Crippen LogP contribution in [0.5, 0.6) is 0 Å². The van der Waals surface area contributed by atoms with Crippen molar-refractivity contribution in [3.8, 4) is 11.4 Å². The van der Waals surface area contributed by atoms with Gasteiger partial charge >= 0.3 is 0 Å². The summed E-state index contributed by atoms with van der Waals surface area (Å²) in [7, 11) is 1.66. The number of anilines is 1. The van der Waals surface area contributed by atoms with Crippen molar-refractivity contribution >= 4 is 23.1 Å². The van der Waals surface area contributed by atoms with Gasteiger partial charge in [0.2, 0.25) is 0 Å². The molecule has 1 N–H and O–H groups in total. The molecule has 9 nitrogen and oxygen atoms in total. The summed E-state index contributed by atoms with van der Waals surface area (Å²) in [5, 5.41) is 11.5. The summed E-state index contributed by atoms with van der Waals surface area (Å²) in [6.45, 7) is 1.42. The average molecular weight is 415 g/mol. The number of fused-ring (bicyclic) bond motifs is 1. The monoisotopic (exact) mass is 415 g/mol. The molecule has 0 saturated carbocycles. The van der Waals surface area contributed by atoms with Gasteiger partial charge in [-0.05, 0) is 18.9 Å². The smallest absolute Gasteiger partial charge is 0.274 e. The number of hydrogen-bond acceptors (Lipinski definition) is 5. The Morgan fingerprint density at radius 1 is 1.06 bits per heavy atom. The first-order valence-electron chi connectivity index (χ1n) is 10.1. The van der Waals surface area contributed by atoms with Crippen LogP contribution in [0, 0.1) is 0 Å². The van der Waals surface area contributed by atoms with E-state index in [-0.39, 0.29) is 11.6 Å². The summed E-state index contributed by atoms with van der Waals surface area (Å²) in [4.78, 5) is 32.2. The molecule has 4 heterocycles. The van der Waals surface area contributed by atoms with E-state index in [9.17, 15) is 9.59 Å². The lowest BCUT2D eigenvalue weighted by atomic mass is 10.2. The number of nitrogens with zero attached hydrogens (tertiary/aromatic N) is 6. The Morgan fingerprint density at radius 2 is 1.84 bits per heavy atom. The maximum atomic E-state index is 13.0. The first-order valence-corrected chi connectivity index (χ1v) is 10.1. The number of amides is 2. The van der Waals surface area contributed by atoms with E-state index in [0.29, 0.717) is 35.8 Å². The van der Waals surface area contributed by atoms with Gasteiger partial charge in [0.25, 0.3) is 11.8 Å². The highest BCUT2D eigenvalue weighted by molar-refractivity contribution is 6.11. The zero-order chi connectivity index (χ0) is 21.4. The standard InChI is InChI=1S/C22H21N7O2/c1-27-19(17(14-23-27)22(31)28-10-5-6-11-28)21(30)24-16-9-12-29-18(13-16)25-20(26-29)15-7-3-2-4-8-15/h2-4,7-9,12-14H,5-6,10-11H2,1H3,(H,24,30). The van der Waals surface area contributed by atoms with E-state index in [1.807, 2.05) is 30.3 Å². The van der Waals surface area contributed by atoms with Crippen molar-refractivity contribution in [2.24, 2.45) is 7.05 Å². The zero-order valence-electron chi connectivity index (χ0n) is 17.0. The third-order valence-corrected chi connectivity index (χ3v) is 5.40. The fourth-order valence-electron chi connectivity index (χ4n) is 3.81. The summed E-state index contributed by atoms with van der Waals surface area (Å²) in [5.41, 5.74) is 2.64. The van der Waals surface area contributed by atoms with E-state index in [2.05, 4.69) is 20.5 Å². The molecule has 0 radical (unpaired) electrons. The number of aromatic nitrogens is 5. The van der Waals surface area contributed by atoms with Crippen molar-refractivity contribution in [3.63, 3.8) is 0 Å². The summed E-state index contributed by atoms with van der Waals surface area (Å²) in [6.07, 6.45) is 5.17. The van der Waals surface area contributed by atoms with Crippen LogP contribution in [-0.4, -0.2) is 54.2 Å². The van der Waals surface area contributed by atoms with Crippen LogP contribution in [0.1, 0.15) is 33.7 Å². The second-order valence-corrected chi connectivity index (χ2v) is 7.50. The molecule has 4 aromatic rings. The van der Waals surface area contributed by atoms with Gasteiger partial charge in [-0.25, -0.2) is 9.50 Å². The molecule has 156 valence electrons. The second kappa shape index (κ2) is 7.67. The minimum Gasteiger partial charge on any atom is -0.339 e. The van der Waals surface area contributed by atoms with Crippen molar-refractivity contribution in [3.05, 3.63) is 66.1 Å². The van der Waals surface area contributed by atoms with E-state index in [0.717, 1.165) is 18.4 Å². The first kappa shape index (κ1) is 19.0. The average Bonchev–Trinajstić information content (AvgIpc) is 3.53. The number of benzene rings is 1. The summed E-state index contributed by atoms with van der Waals surface area (Å²) in [6, 6.07) is 13.2. The number of nitrogens with one attached hydrogen (secondary N) is 1. The molecule has 0 bridgehead atoms. The van der Waals surface area contributed by atoms with Gasteiger partial charge in [-0.15, -0.1) is 5.10 Å². The maximum Gasteiger partial charge on any atom is 0.274 e. The SMILES string of the molecule is Cn1ncc(C(=O)N2CCCC2)c1C(=O)Nc1ccn2nc(-c3ccccc3)nc2c1. The van der Waals surface area contributed by atoms with Crippen molar-refractivity contribution in [2.45, 2.75) is 12.8 Å². The maximum absolute atomic E-state index is 13.0. The van der Waals surface area contributed by atoms with Crippen LogP contribution in [0.15, 0.2) is 54.9 Å². The molecule has 5 rings (SSSR count). The summed E-state index contributed by atoms with van der Waals surface area (Å²) < 4.78 is 3.09.